The molecule has 106 valence electrons. The first kappa shape index (κ1) is 16.3. The van der Waals surface area contributed by atoms with E-state index in [0.29, 0.717) is 0 Å². The molecule has 0 radical (unpaired) electrons. The van der Waals surface area contributed by atoms with Gasteiger partial charge in [0.05, 0.1) is 22.1 Å². The van der Waals surface area contributed by atoms with E-state index in [4.69, 9.17) is 27.0 Å². The highest BCUT2D eigenvalue weighted by Crippen LogP contribution is 2.23. The van der Waals surface area contributed by atoms with Gasteiger partial charge in [0.1, 0.15) is 0 Å². The molecule has 0 atom stereocenters. The van der Waals surface area contributed by atoms with Crippen LogP contribution < -0.4 is 0 Å². The molecule has 0 heterocycles. The Labute approximate surface area is 122 Å². The maximum absolute atomic E-state index is 11.8. The molecule has 19 heavy (non-hydrogen) atoms. The van der Waals surface area contributed by atoms with Crippen LogP contribution in [0.15, 0.2) is 23.1 Å². The molecular weight excluding hydrogens is 311 g/mol. The van der Waals surface area contributed by atoms with Gasteiger partial charge in [0.15, 0.2) is 0 Å². The standard InChI is InChI=1S/C12H14Cl2O4S/c1-2-3-4-7-18-12(15)10-8-9(19(14,16)17)5-6-11(10)13/h5-6,8H,2-4,7H2,1H3. The Balaban J connectivity index is 2.84. The van der Waals surface area contributed by atoms with Gasteiger partial charge in [0.2, 0.25) is 0 Å². The van der Waals surface area contributed by atoms with Crippen molar-refractivity contribution in [2.24, 2.45) is 0 Å². The van der Waals surface area contributed by atoms with Crippen LogP contribution in [-0.2, 0) is 13.8 Å². The van der Waals surface area contributed by atoms with Gasteiger partial charge in [-0.2, -0.15) is 0 Å². The zero-order valence-corrected chi connectivity index (χ0v) is 12.7. The first-order valence-corrected chi connectivity index (χ1v) is 8.46. The highest BCUT2D eigenvalue weighted by atomic mass is 35.7. The first-order valence-electron chi connectivity index (χ1n) is 5.77. The van der Waals surface area contributed by atoms with Crippen molar-refractivity contribution in [2.45, 2.75) is 31.1 Å². The van der Waals surface area contributed by atoms with Crippen molar-refractivity contribution in [3.05, 3.63) is 28.8 Å². The Morgan fingerprint density at radius 3 is 2.58 bits per heavy atom. The van der Waals surface area contributed by atoms with Crippen LogP contribution in [-0.4, -0.2) is 21.0 Å². The van der Waals surface area contributed by atoms with Crippen LogP contribution in [0.1, 0.15) is 36.5 Å². The van der Waals surface area contributed by atoms with E-state index >= 15 is 0 Å². The van der Waals surface area contributed by atoms with Crippen LogP contribution in [0.3, 0.4) is 0 Å². The molecule has 7 heteroatoms. The zero-order valence-electron chi connectivity index (χ0n) is 10.4. The summed E-state index contributed by atoms with van der Waals surface area (Å²) >= 11 is 5.84. The van der Waals surface area contributed by atoms with E-state index in [9.17, 15) is 13.2 Å². The van der Waals surface area contributed by atoms with Crippen LogP contribution in [0, 0.1) is 0 Å². The molecule has 0 bridgehead atoms. The third-order valence-corrected chi connectivity index (χ3v) is 4.10. The lowest BCUT2D eigenvalue weighted by Crippen LogP contribution is -2.08. The molecule has 0 amide bonds. The molecule has 0 spiro atoms. The summed E-state index contributed by atoms with van der Waals surface area (Å²) in [5.74, 6) is -0.650. The van der Waals surface area contributed by atoms with Gasteiger partial charge < -0.3 is 4.74 Å². The molecule has 0 aliphatic rings. The summed E-state index contributed by atoms with van der Waals surface area (Å²) in [7, 11) is 1.31. The molecular formula is C12H14Cl2O4S. The Kier molecular flexibility index (Phi) is 6.10. The lowest BCUT2D eigenvalue weighted by molar-refractivity contribution is 0.0498. The number of esters is 1. The molecule has 0 saturated carbocycles. The molecule has 0 saturated heterocycles. The van der Waals surface area contributed by atoms with Crippen LogP contribution in [0.4, 0.5) is 0 Å². The zero-order chi connectivity index (χ0) is 14.5. The fourth-order valence-electron chi connectivity index (χ4n) is 1.41. The predicted molar refractivity (Wildman–Crippen MR) is 74.3 cm³/mol. The summed E-state index contributed by atoms with van der Waals surface area (Å²) in [6.07, 6.45) is 2.72. The van der Waals surface area contributed by atoms with Crippen LogP contribution in [0.5, 0.6) is 0 Å². The summed E-state index contributed by atoms with van der Waals surface area (Å²) in [6, 6.07) is 3.66. The number of hydrogen-bond donors (Lipinski definition) is 0. The van der Waals surface area contributed by atoms with E-state index in [1.54, 1.807) is 0 Å². The third-order valence-electron chi connectivity index (χ3n) is 2.42. The van der Waals surface area contributed by atoms with Crippen LogP contribution in [0.25, 0.3) is 0 Å². The Morgan fingerprint density at radius 1 is 1.32 bits per heavy atom. The fraction of sp³-hybridized carbons (Fsp3) is 0.417. The number of halogens is 2. The lowest BCUT2D eigenvalue weighted by atomic mass is 10.2. The molecule has 0 aromatic heterocycles. The third kappa shape index (κ3) is 5.01. The van der Waals surface area contributed by atoms with Gasteiger partial charge in [-0.3, -0.25) is 0 Å². The smallest absolute Gasteiger partial charge is 0.339 e. The van der Waals surface area contributed by atoms with E-state index in [1.165, 1.54) is 12.1 Å². The summed E-state index contributed by atoms with van der Waals surface area (Å²) in [4.78, 5) is 11.6. The van der Waals surface area contributed by atoms with Crippen molar-refractivity contribution in [1.29, 1.82) is 0 Å². The maximum Gasteiger partial charge on any atom is 0.339 e. The van der Waals surface area contributed by atoms with Crippen molar-refractivity contribution in [2.75, 3.05) is 6.61 Å². The Morgan fingerprint density at radius 2 is 2.00 bits per heavy atom. The Bertz CT molecular complexity index is 555. The highest BCUT2D eigenvalue weighted by Gasteiger charge is 2.17. The first-order chi connectivity index (χ1) is 8.86. The fourth-order valence-corrected chi connectivity index (χ4v) is 2.38. The van der Waals surface area contributed by atoms with Gasteiger partial charge in [0.25, 0.3) is 9.05 Å². The summed E-state index contributed by atoms with van der Waals surface area (Å²) in [6.45, 7) is 2.31. The van der Waals surface area contributed by atoms with Crippen molar-refractivity contribution < 1.29 is 17.9 Å². The number of carbonyl (C=O) groups is 1. The molecule has 0 fully saturated rings. The normalized spacial score (nSPS) is 11.3. The molecule has 1 aromatic carbocycles. The molecule has 0 N–H and O–H groups in total. The lowest BCUT2D eigenvalue weighted by Gasteiger charge is -2.07. The average molecular weight is 325 g/mol. The van der Waals surface area contributed by atoms with Gasteiger partial charge >= 0.3 is 5.97 Å². The quantitative estimate of drug-likeness (QED) is 0.455. The van der Waals surface area contributed by atoms with Crippen LogP contribution >= 0.6 is 22.3 Å². The highest BCUT2D eigenvalue weighted by molar-refractivity contribution is 8.13. The summed E-state index contributed by atoms with van der Waals surface area (Å²) < 4.78 is 27.4. The Hall–Kier alpha value is -0.780. The topological polar surface area (TPSA) is 60.4 Å². The average Bonchev–Trinajstić information content (AvgIpc) is 2.33. The van der Waals surface area contributed by atoms with Crippen LogP contribution in [0.2, 0.25) is 5.02 Å². The second-order valence-electron chi connectivity index (χ2n) is 3.92. The summed E-state index contributed by atoms with van der Waals surface area (Å²) in [5, 5.41) is 0.129. The molecule has 0 aliphatic carbocycles. The largest absolute Gasteiger partial charge is 0.462 e. The van der Waals surface area contributed by atoms with E-state index in [1.807, 2.05) is 6.92 Å². The van der Waals surface area contributed by atoms with Crippen molar-refractivity contribution in [3.63, 3.8) is 0 Å². The van der Waals surface area contributed by atoms with E-state index in [2.05, 4.69) is 0 Å². The minimum atomic E-state index is -3.90. The number of unbranched alkanes of at least 4 members (excludes halogenated alkanes) is 2. The minimum Gasteiger partial charge on any atom is -0.462 e. The predicted octanol–water partition coefficient (Wildman–Crippen LogP) is 3.61. The van der Waals surface area contributed by atoms with E-state index in [0.717, 1.165) is 25.3 Å². The number of hydrogen-bond acceptors (Lipinski definition) is 4. The monoisotopic (exact) mass is 324 g/mol. The van der Waals surface area contributed by atoms with E-state index in [-0.39, 0.29) is 22.1 Å². The minimum absolute atomic E-state index is 0.000102. The molecule has 1 rings (SSSR count). The molecule has 1 aromatic rings. The van der Waals surface area contributed by atoms with Gasteiger partial charge in [-0.15, -0.1) is 0 Å². The second-order valence-corrected chi connectivity index (χ2v) is 6.90. The maximum atomic E-state index is 11.8. The molecule has 0 unspecified atom stereocenters. The molecule has 4 nitrogen and oxygen atoms in total. The second kappa shape index (κ2) is 7.12. The van der Waals surface area contributed by atoms with Crippen molar-refractivity contribution in [3.8, 4) is 0 Å². The summed E-state index contributed by atoms with van der Waals surface area (Å²) in [5.41, 5.74) is -0.000102. The van der Waals surface area contributed by atoms with Gasteiger partial charge in [-0.05, 0) is 24.6 Å². The van der Waals surface area contributed by atoms with E-state index < -0.39 is 15.0 Å². The van der Waals surface area contributed by atoms with Gasteiger partial charge in [-0.1, -0.05) is 31.4 Å². The molecule has 0 aliphatic heterocycles. The number of benzene rings is 1. The van der Waals surface area contributed by atoms with Crippen molar-refractivity contribution >= 4 is 37.3 Å². The number of rotatable bonds is 6. The van der Waals surface area contributed by atoms with Crippen molar-refractivity contribution in [1.82, 2.24) is 0 Å². The number of ether oxygens (including phenoxy) is 1. The SMILES string of the molecule is CCCCCOC(=O)c1cc(S(=O)(=O)Cl)ccc1Cl. The number of carbonyl (C=O) groups excluding carboxylic acids is 1. The van der Waals surface area contributed by atoms with Gasteiger partial charge in [-0.25, -0.2) is 13.2 Å². The van der Waals surface area contributed by atoms with Gasteiger partial charge in [0, 0.05) is 10.7 Å².